The molecule has 0 saturated heterocycles. The second-order valence-electron chi connectivity index (χ2n) is 5.55. The number of anilines is 1. The number of nitrogens with zero attached hydrogens (tertiary/aromatic N) is 2. The van der Waals surface area contributed by atoms with E-state index < -0.39 is 0 Å². The predicted octanol–water partition coefficient (Wildman–Crippen LogP) is 3.34. The molecule has 0 atom stereocenters. The Hall–Kier alpha value is -1.84. The number of allylic oxidation sites excluding steroid dienone is 1. The molecular formula is C15H20N2O2. The zero-order valence-electron chi connectivity index (χ0n) is 11.7. The molecule has 0 bridgehead atoms. The third-order valence-corrected chi connectivity index (χ3v) is 3.42. The van der Waals surface area contributed by atoms with Crippen molar-refractivity contribution < 1.29 is 4.92 Å². The first-order valence-corrected chi connectivity index (χ1v) is 6.66. The van der Waals surface area contributed by atoms with Crippen LogP contribution in [-0.2, 0) is 6.42 Å². The standard InChI is InChI=1S/C15H20N2O2/c1-11(2)8-14(17(18)19)10-12-4-5-15-13(9-12)6-7-16(15)3/h4-5,9-11H,6-8H2,1-3H3. The van der Waals surface area contributed by atoms with Gasteiger partial charge in [-0.2, -0.15) is 0 Å². The van der Waals surface area contributed by atoms with Crippen molar-refractivity contribution in [1.82, 2.24) is 0 Å². The first kappa shape index (κ1) is 13.6. The quantitative estimate of drug-likeness (QED) is 0.616. The Morgan fingerprint density at radius 1 is 1.53 bits per heavy atom. The van der Waals surface area contributed by atoms with E-state index in [2.05, 4.69) is 24.1 Å². The van der Waals surface area contributed by atoms with Crippen molar-refractivity contribution in [3.05, 3.63) is 45.1 Å². The molecule has 1 aliphatic rings. The third kappa shape index (κ3) is 3.13. The van der Waals surface area contributed by atoms with Crippen LogP contribution in [0.5, 0.6) is 0 Å². The van der Waals surface area contributed by atoms with Crippen molar-refractivity contribution in [3.8, 4) is 0 Å². The van der Waals surface area contributed by atoms with Crippen LogP contribution in [0.3, 0.4) is 0 Å². The number of hydrogen-bond donors (Lipinski definition) is 0. The van der Waals surface area contributed by atoms with Gasteiger partial charge in [0.05, 0.1) is 4.92 Å². The van der Waals surface area contributed by atoms with Crippen LogP contribution < -0.4 is 4.90 Å². The number of likely N-dealkylation sites (N-methyl/N-ethyl adjacent to an activating group) is 1. The lowest BCUT2D eigenvalue weighted by molar-refractivity contribution is -0.427. The first-order chi connectivity index (χ1) is 8.97. The molecule has 1 aromatic carbocycles. The molecule has 0 unspecified atom stereocenters. The topological polar surface area (TPSA) is 46.4 Å². The van der Waals surface area contributed by atoms with Gasteiger partial charge in [-0.05, 0) is 35.6 Å². The Morgan fingerprint density at radius 3 is 2.89 bits per heavy atom. The van der Waals surface area contributed by atoms with Crippen LogP contribution in [0, 0.1) is 16.0 Å². The van der Waals surface area contributed by atoms with E-state index in [1.54, 1.807) is 6.08 Å². The highest BCUT2D eigenvalue weighted by Crippen LogP contribution is 2.28. The normalized spacial score (nSPS) is 14.9. The highest BCUT2D eigenvalue weighted by atomic mass is 16.6. The average molecular weight is 260 g/mol. The molecule has 0 fully saturated rings. The summed E-state index contributed by atoms with van der Waals surface area (Å²) in [7, 11) is 2.07. The molecule has 1 aliphatic heterocycles. The summed E-state index contributed by atoms with van der Waals surface area (Å²) in [6.07, 6.45) is 3.23. The van der Waals surface area contributed by atoms with E-state index in [9.17, 15) is 10.1 Å². The highest BCUT2D eigenvalue weighted by molar-refractivity contribution is 5.63. The molecule has 0 aliphatic carbocycles. The van der Waals surface area contributed by atoms with Crippen LogP contribution >= 0.6 is 0 Å². The van der Waals surface area contributed by atoms with E-state index in [0.717, 1.165) is 18.5 Å². The Morgan fingerprint density at radius 2 is 2.26 bits per heavy atom. The Kier molecular flexibility index (Phi) is 3.88. The fourth-order valence-corrected chi connectivity index (χ4v) is 2.47. The average Bonchev–Trinajstić information content (AvgIpc) is 2.69. The predicted molar refractivity (Wildman–Crippen MR) is 77.8 cm³/mol. The zero-order chi connectivity index (χ0) is 14.0. The Bertz CT molecular complexity index is 521. The highest BCUT2D eigenvalue weighted by Gasteiger charge is 2.17. The van der Waals surface area contributed by atoms with Crippen LogP contribution in [0.4, 0.5) is 5.69 Å². The van der Waals surface area contributed by atoms with Crippen molar-refractivity contribution in [3.63, 3.8) is 0 Å². The molecule has 4 heteroatoms. The van der Waals surface area contributed by atoms with Gasteiger partial charge in [0, 0.05) is 31.8 Å². The smallest absolute Gasteiger partial charge is 0.247 e. The van der Waals surface area contributed by atoms with E-state index in [-0.39, 0.29) is 10.8 Å². The van der Waals surface area contributed by atoms with Gasteiger partial charge in [0.15, 0.2) is 0 Å². The van der Waals surface area contributed by atoms with Gasteiger partial charge in [0.2, 0.25) is 5.70 Å². The van der Waals surface area contributed by atoms with Crippen molar-refractivity contribution in [2.24, 2.45) is 5.92 Å². The molecule has 0 N–H and O–H groups in total. The third-order valence-electron chi connectivity index (χ3n) is 3.42. The van der Waals surface area contributed by atoms with Crippen LogP contribution in [0.1, 0.15) is 31.4 Å². The monoisotopic (exact) mass is 260 g/mol. The van der Waals surface area contributed by atoms with Crippen LogP contribution in [0.25, 0.3) is 6.08 Å². The summed E-state index contributed by atoms with van der Waals surface area (Å²) in [5, 5.41) is 11.1. The number of benzene rings is 1. The summed E-state index contributed by atoms with van der Waals surface area (Å²) >= 11 is 0. The molecule has 1 heterocycles. The molecule has 1 aromatic rings. The SMILES string of the molecule is CC(C)CC(=Cc1ccc2c(c1)CCN2C)[N+](=O)[O-]. The molecule has 0 aromatic heterocycles. The van der Waals surface area contributed by atoms with Gasteiger partial charge < -0.3 is 4.90 Å². The molecule has 2 rings (SSSR count). The fourth-order valence-electron chi connectivity index (χ4n) is 2.47. The summed E-state index contributed by atoms with van der Waals surface area (Å²) in [6.45, 7) is 5.01. The molecule has 0 spiro atoms. The maximum Gasteiger partial charge on any atom is 0.247 e. The minimum Gasteiger partial charge on any atom is -0.374 e. The maximum atomic E-state index is 11.1. The minimum absolute atomic E-state index is 0.265. The lowest BCUT2D eigenvalue weighted by Crippen LogP contribution is -2.12. The minimum atomic E-state index is -0.265. The van der Waals surface area contributed by atoms with E-state index in [1.807, 2.05) is 19.9 Å². The summed E-state index contributed by atoms with van der Waals surface area (Å²) in [5.74, 6) is 0.289. The molecule has 0 amide bonds. The number of rotatable bonds is 4. The number of nitro groups is 1. The van der Waals surface area contributed by atoms with E-state index >= 15 is 0 Å². The summed E-state index contributed by atoms with van der Waals surface area (Å²) < 4.78 is 0. The van der Waals surface area contributed by atoms with Crippen LogP contribution in [0.15, 0.2) is 23.9 Å². The first-order valence-electron chi connectivity index (χ1n) is 6.66. The lowest BCUT2D eigenvalue weighted by atomic mass is 10.0. The van der Waals surface area contributed by atoms with Gasteiger partial charge in [0.25, 0.3) is 0 Å². The lowest BCUT2D eigenvalue weighted by Gasteiger charge is -2.11. The Balaban J connectivity index is 2.29. The van der Waals surface area contributed by atoms with Gasteiger partial charge in [-0.3, -0.25) is 10.1 Å². The number of fused-ring (bicyclic) bond motifs is 1. The van der Waals surface area contributed by atoms with E-state index in [4.69, 9.17) is 0 Å². The van der Waals surface area contributed by atoms with E-state index in [1.165, 1.54) is 11.3 Å². The summed E-state index contributed by atoms with van der Waals surface area (Å²) in [4.78, 5) is 13.0. The van der Waals surface area contributed by atoms with Crippen molar-refractivity contribution in [2.75, 3.05) is 18.5 Å². The summed E-state index contributed by atoms with van der Waals surface area (Å²) in [6, 6.07) is 6.09. The zero-order valence-corrected chi connectivity index (χ0v) is 11.7. The largest absolute Gasteiger partial charge is 0.374 e. The number of hydrogen-bond acceptors (Lipinski definition) is 3. The van der Waals surface area contributed by atoms with Gasteiger partial charge in [-0.1, -0.05) is 19.9 Å². The molecular weight excluding hydrogens is 240 g/mol. The van der Waals surface area contributed by atoms with Crippen LogP contribution in [-0.4, -0.2) is 18.5 Å². The van der Waals surface area contributed by atoms with Crippen LogP contribution in [0.2, 0.25) is 0 Å². The molecule has 0 saturated carbocycles. The van der Waals surface area contributed by atoms with Gasteiger partial charge in [-0.15, -0.1) is 0 Å². The van der Waals surface area contributed by atoms with Gasteiger partial charge in [0.1, 0.15) is 0 Å². The molecule has 0 radical (unpaired) electrons. The maximum absolute atomic E-state index is 11.1. The molecule has 102 valence electrons. The fraction of sp³-hybridized carbons (Fsp3) is 0.467. The van der Waals surface area contributed by atoms with Crippen molar-refractivity contribution in [2.45, 2.75) is 26.7 Å². The molecule has 19 heavy (non-hydrogen) atoms. The van der Waals surface area contributed by atoms with Crippen molar-refractivity contribution in [1.29, 1.82) is 0 Å². The molecule has 4 nitrogen and oxygen atoms in total. The summed E-state index contributed by atoms with van der Waals surface area (Å²) in [5.41, 5.74) is 3.75. The second-order valence-corrected chi connectivity index (χ2v) is 5.55. The van der Waals surface area contributed by atoms with Gasteiger partial charge >= 0.3 is 0 Å². The Labute approximate surface area is 113 Å². The van der Waals surface area contributed by atoms with Gasteiger partial charge in [-0.25, -0.2) is 0 Å². The second kappa shape index (κ2) is 5.43. The van der Waals surface area contributed by atoms with E-state index in [0.29, 0.717) is 12.1 Å². The van der Waals surface area contributed by atoms with Crippen molar-refractivity contribution >= 4 is 11.8 Å².